The van der Waals surface area contributed by atoms with E-state index in [4.69, 9.17) is 18.9 Å². The van der Waals surface area contributed by atoms with E-state index < -0.39 is 17.6 Å². The molecule has 2 aromatic rings. The van der Waals surface area contributed by atoms with Gasteiger partial charge in [0.1, 0.15) is 0 Å². The molecule has 1 heterocycles. The molecule has 0 N–H and O–H groups in total. The Morgan fingerprint density at radius 3 is 2.19 bits per heavy atom. The number of carbonyl (C=O) groups excluding carboxylic acids is 1. The van der Waals surface area contributed by atoms with Crippen molar-refractivity contribution in [2.75, 3.05) is 21.3 Å². The van der Waals surface area contributed by atoms with Crippen LogP contribution in [0.2, 0.25) is 0 Å². The maximum Gasteiger partial charge on any atom is 0.363 e. The van der Waals surface area contributed by atoms with E-state index in [-0.39, 0.29) is 17.2 Å². The molecule has 1 aliphatic heterocycles. The normalized spacial score (nSPS) is 14.8. The maximum atomic E-state index is 13.4. The molecule has 0 amide bonds. The van der Waals surface area contributed by atoms with Crippen molar-refractivity contribution in [1.29, 1.82) is 0 Å². The van der Waals surface area contributed by atoms with Crippen molar-refractivity contribution < 1.29 is 32.5 Å². The molecule has 6 nitrogen and oxygen atoms in total. The lowest BCUT2D eigenvalue weighted by Crippen LogP contribution is -2.06. The van der Waals surface area contributed by atoms with Crippen molar-refractivity contribution in [3.8, 4) is 17.2 Å². The second-order valence-corrected chi connectivity index (χ2v) is 5.42. The van der Waals surface area contributed by atoms with Gasteiger partial charge < -0.3 is 18.9 Å². The number of carbonyl (C=O) groups is 1. The molecule has 0 spiro atoms. The number of rotatable bonds is 5. The van der Waals surface area contributed by atoms with Crippen molar-refractivity contribution in [2.24, 2.45) is 4.99 Å². The van der Waals surface area contributed by atoms with E-state index >= 15 is 0 Å². The first kappa shape index (κ1) is 18.4. The van der Waals surface area contributed by atoms with E-state index in [0.29, 0.717) is 22.8 Å². The molecule has 0 aromatic heterocycles. The van der Waals surface area contributed by atoms with E-state index in [1.165, 1.54) is 33.5 Å². The second kappa shape index (κ2) is 7.45. The molecular formula is C19H15F2NO5. The van der Waals surface area contributed by atoms with Gasteiger partial charge in [0.05, 0.1) is 21.3 Å². The highest BCUT2D eigenvalue weighted by atomic mass is 19.2. The number of methoxy groups -OCH3 is 3. The largest absolute Gasteiger partial charge is 0.493 e. The Hall–Kier alpha value is -3.42. The predicted octanol–water partition coefficient (Wildman–Crippen LogP) is 3.34. The lowest BCUT2D eigenvalue weighted by Gasteiger charge is -2.12. The summed E-state index contributed by atoms with van der Waals surface area (Å²) >= 11 is 0. The maximum absolute atomic E-state index is 13.4. The SMILES string of the molecule is COc1cc(/C=C2/N=C(c3ccc(F)c(F)c3)OC2=O)cc(OC)c1OC. The van der Waals surface area contributed by atoms with Crippen molar-refractivity contribution in [3.05, 3.63) is 58.8 Å². The highest BCUT2D eigenvalue weighted by Gasteiger charge is 2.25. The molecule has 3 rings (SSSR count). The van der Waals surface area contributed by atoms with Crippen LogP contribution < -0.4 is 14.2 Å². The fourth-order valence-electron chi connectivity index (χ4n) is 2.50. The quantitative estimate of drug-likeness (QED) is 0.592. The van der Waals surface area contributed by atoms with E-state index in [1.54, 1.807) is 12.1 Å². The molecule has 1 aliphatic rings. The summed E-state index contributed by atoms with van der Waals surface area (Å²) < 4.78 is 47.3. The first-order chi connectivity index (χ1) is 13.0. The van der Waals surface area contributed by atoms with Gasteiger partial charge in [0.2, 0.25) is 11.6 Å². The topological polar surface area (TPSA) is 66.4 Å². The Morgan fingerprint density at radius 2 is 1.63 bits per heavy atom. The number of ether oxygens (including phenoxy) is 4. The van der Waals surface area contributed by atoms with Crippen LogP contribution >= 0.6 is 0 Å². The van der Waals surface area contributed by atoms with Gasteiger partial charge in [-0.25, -0.2) is 18.6 Å². The first-order valence-corrected chi connectivity index (χ1v) is 7.74. The number of esters is 1. The van der Waals surface area contributed by atoms with E-state index in [9.17, 15) is 13.6 Å². The molecule has 8 heteroatoms. The highest BCUT2D eigenvalue weighted by molar-refractivity contribution is 6.12. The number of cyclic esters (lactones) is 1. The smallest absolute Gasteiger partial charge is 0.363 e. The van der Waals surface area contributed by atoms with Crippen LogP contribution in [0, 0.1) is 11.6 Å². The van der Waals surface area contributed by atoms with E-state index in [2.05, 4.69) is 4.99 Å². The van der Waals surface area contributed by atoms with Crippen LogP contribution in [0.15, 0.2) is 41.0 Å². The third kappa shape index (κ3) is 3.59. The molecule has 0 unspecified atom stereocenters. The van der Waals surface area contributed by atoms with Gasteiger partial charge in [-0.1, -0.05) is 0 Å². The molecule has 0 saturated heterocycles. The van der Waals surface area contributed by atoms with Gasteiger partial charge in [-0.05, 0) is 42.0 Å². The monoisotopic (exact) mass is 375 g/mol. The summed E-state index contributed by atoms with van der Waals surface area (Å²) in [6.07, 6.45) is 1.46. The number of hydrogen-bond acceptors (Lipinski definition) is 6. The molecule has 0 saturated carbocycles. The van der Waals surface area contributed by atoms with Gasteiger partial charge in [0.15, 0.2) is 28.8 Å². The van der Waals surface area contributed by atoms with Gasteiger partial charge in [-0.2, -0.15) is 0 Å². The van der Waals surface area contributed by atoms with Crippen LogP contribution in [0.3, 0.4) is 0 Å². The molecule has 0 fully saturated rings. The van der Waals surface area contributed by atoms with E-state index in [0.717, 1.165) is 12.1 Å². The molecule has 140 valence electrons. The first-order valence-electron chi connectivity index (χ1n) is 7.74. The average Bonchev–Trinajstić information content (AvgIpc) is 3.03. The van der Waals surface area contributed by atoms with Crippen LogP contribution in [-0.4, -0.2) is 33.2 Å². The molecule has 0 atom stereocenters. The van der Waals surface area contributed by atoms with Gasteiger partial charge >= 0.3 is 5.97 Å². The van der Waals surface area contributed by atoms with Crippen LogP contribution in [-0.2, 0) is 9.53 Å². The Morgan fingerprint density at radius 1 is 0.963 bits per heavy atom. The summed E-state index contributed by atoms with van der Waals surface area (Å²) in [5.41, 5.74) is 0.686. The molecule has 0 aliphatic carbocycles. The number of hydrogen-bond donors (Lipinski definition) is 0. The highest BCUT2D eigenvalue weighted by Crippen LogP contribution is 2.39. The number of benzene rings is 2. The number of aliphatic imine (C=N–C) groups is 1. The summed E-state index contributed by atoms with van der Waals surface area (Å²) in [6, 6.07) is 6.37. The van der Waals surface area contributed by atoms with Gasteiger partial charge in [0.25, 0.3) is 0 Å². The van der Waals surface area contributed by atoms with Crippen molar-refractivity contribution in [2.45, 2.75) is 0 Å². The lowest BCUT2D eigenvalue weighted by molar-refractivity contribution is -0.129. The van der Waals surface area contributed by atoms with E-state index in [1.807, 2.05) is 0 Å². The van der Waals surface area contributed by atoms with Crippen LogP contribution in [0.4, 0.5) is 8.78 Å². The zero-order valence-corrected chi connectivity index (χ0v) is 14.7. The zero-order valence-electron chi connectivity index (χ0n) is 14.7. The standard InChI is InChI=1S/C19H15F2NO5/c1-24-15-7-10(8-16(25-2)17(15)26-3)6-14-19(23)27-18(22-14)11-4-5-12(20)13(21)9-11/h4-9H,1-3H3/b14-6+. The van der Waals surface area contributed by atoms with Crippen LogP contribution in [0.5, 0.6) is 17.2 Å². The zero-order chi connectivity index (χ0) is 19.6. The van der Waals surface area contributed by atoms with Crippen molar-refractivity contribution in [3.63, 3.8) is 0 Å². The summed E-state index contributed by atoms with van der Waals surface area (Å²) in [5.74, 6) is -1.69. The van der Waals surface area contributed by atoms with Gasteiger partial charge in [-0.15, -0.1) is 0 Å². The number of nitrogens with zero attached hydrogens (tertiary/aromatic N) is 1. The summed E-state index contributed by atoms with van der Waals surface area (Å²) in [5, 5.41) is 0. The van der Waals surface area contributed by atoms with Gasteiger partial charge in [0, 0.05) is 5.56 Å². The molecule has 27 heavy (non-hydrogen) atoms. The minimum absolute atomic E-state index is 0.0102. The Bertz CT molecular complexity index is 944. The number of halogens is 2. The Balaban J connectivity index is 2.00. The fraction of sp³-hybridized carbons (Fsp3) is 0.158. The summed E-state index contributed by atoms with van der Waals surface area (Å²) in [7, 11) is 4.42. The summed E-state index contributed by atoms with van der Waals surface area (Å²) in [4.78, 5) is 16.1. The van der Waals surface area contributed by atoms with Crippen LogP contribution in [0.1, 0.15) is 11.1 Å². The third-order valence-corrected chi connectivity index (χ3v) is 3.78. The lowest BCUT2D eigenvalue weighted by atomic mass is 10.1. The second-order valence-electron chi connectivity index (χ2n) is 5.42. The predicted molar refractivity (Wildman–Crippen MR) is 93.1 cm³/mol. The van der Waals surface area contributed by atoms with Crippen LogP contribution in [0.25, 0.3) is 6.08 Å². The van der Waals surface area contributed by atoms with Crippen molar-refractivity contribution in [1.82, 2.24) is 0 Å². The summed E-state index contributed by atoms with van der Waals surface area (Å²) in [6.45, 7) is 0. The molecule has 2 aromatic carbocycles. The Kier molecular flexibility index (Phi) is 5.07. The van der Waals surface area contributed by atoms with Crippen molar-refractivity contribution >= 4 is 17.9 Å². The third-order valence-electron chi connectivity index (χ3n) is 3.78. The van der Waals surface area contributed by atoms with Gasteiger partial charge in [-0.3, -0.25) is 0 Å². The minimum Gasteiger partial charge on any atom is -0.493 e. The molecule has 0 bridgehead atoms. The fourth-order valence-corrected chi connectivity index (χ4v) is 2.50. The molecule has 0 radical (unpaired) electrons. The minimum atomic E-state index is -1.06. The average molecular weight is 375 g/mol. The molecular weight excluding hydrogens is 360 g/mol. The Labute approximate surface area is 153 Å².